The molecule has 0 radical (unpaired) electrons. The number of unbranched alkanes of at least 4 members (excludes halogenated alkanes) is 5. The third kappa shape index (κ3) is 29.4. The van der Waals surface area contributed by atoms with Crippen LogP contribution in [-0.4, -0.2) is 29.0 Å². The Hall–Kier alpha value is 0.424. The predicted molar refractivity (Wildman–Crippen MR) is 51.7 cm³/mol. The Morgan fingerprint density at radius 2 is 1.43 bits per heavy atom. The zero-order valence-corrected chi connectivity index (χ0v) is 9.52. The quantitative estimate of drug-likeness (QED) is 0.464. The monoisotopic (exact) mass is 254 g/mol. The summed E-state index contributed by atoms with van der Waals surface area (Å²) in [6, 6.07) is 0. The summed E-state index contributed by atoms with van der Waals surface area (Å²) in [6.07, 6.45) is 7.79. The first-order chi connectivity index (χ1) is 6.65. The van der Waals surface area contributed by atoms with Gasteiger partial charge in [0.25, 0.3) is 0 Å². The van der Waals surface area contributed by atoms with Crippen LogP contribution < -0.4 is 0 Å². The first kappa shape index (κ1) is 16.8. The maximum Gasteiger partial charge on any atom is 0.631 e. The molecule has 0 amide bonds. The minimum Gasteiger partial charge on any atom is -0.402 e. The first-order valence-corrected chi connectivity index (χ1v) is 5.28. The Balaban J connectivity index is 0. The normalized spacial score (nSPS) is 9.29. The van der Waals surface area contributed by atoms with Gasteiger partial charge in [0, 0.05) is 0 Å². The topological polar surface area (TPSA) is 69.9 Å². The van der Waals surface area contributed by atoms with Crippen molar-refractivity contribution in [2.24, 2.45) is 0 Å². The van der Waals surface area contributed by atoms with Crippen molar-refractivity contribution < 1.29 is 35.2 Å². The van der Waals surface area contributed by atoms with E-state index in [1.807, 2.05) is 0 Å². The second kappa shape index (κ2) is 15.9. The van der Waals surface area contributed by atoms with Crippen LogP contribution in [0.25, 0.3) is 0 Å². The van der Waals surface area contributed by atoms with Crippen molar-refractivity contribution >= 4 is 7.32 Å². The molecule has 0 aromatic carbocycles. The van der Waals surface area contributed by atoms with Gasteiger partial charge >= 0.3 is 79.5 Å². The molecule has 0 rings (SSSR count). The van der Waals surface area contributed by atoms with Crippen LogP contribution in [0.2, 0.25) is 0 Å². The number of hydrogen-bond donors (Lipinski definition) is 3. The molecule has 0 unspecified atom stereocenters. The van der Waals surface area contributed by atoms with E-state index in [4.69, 9.17) is 15.1 Å². The second-order valence-corrected chi connectivity index (χ2v) is 3.18. The average Bonchev–Trinajstić information content (AvgIpc) is 2.10. The Bertz CT molecular complexity index is 84.7. The zero-order chi connectivity index (χ0) is 11.2. The third-order valence-electron chi connectivity index (χ3n) is 1.56. The largest absolute Gasteiger partial charge is 0.631 e. The van der Waals surface area contributed by atoms with Gasteiger partial charge in [0.2, 0.25) is 0 Å². The summed E-state index contributed by atoms with van der Waals surface area (Å²) in [5.74, 6) is 0. The molecule has 0 bridgehead atoms. The molecule has 4 nitrogen and oxygen atoms in total. The summed E-state index contributed by atoms with van der Waals surface area (Å²) in [6.45, 7) is 2.97. The van der Waals surface area contributed by atoms with Crippen LogP contribution in [0.5, 0.6) is 0 Å². The van der Waals surface area contributed by atoms with E-state index in [0.717, 1.165) is 13.0 Å². The zero-order valence-electron chi connectivity index (χ0n) is 8.58. The minimum atomic E-state index is -2.17. The van der Waals surface area contributed by atoms with Crippen LogP contribution in [0.15, 0.2) is 0 Å². The van der Waals surface area contributed by atoms with Gasteiger partial charge in [-0.25, -0.2) is 0 Å². The van der Waals surface area contributed by atoms with Crippen LogP contribution in [0.3, 0.4) is 0 Å². The van der Waals surface area contributed by atoms with Gasteiger partial charge in [-0.2, -0.15) is 0 Å². The summed E-state index contributed by atoms with van der Waals surface area (Å²) in [7, 11) is -2.17. The summed E-state index contributed by atoms with van der Waals surface area (Å²) in [5.41, 5.74) is 0. The van der Waals surface area contributed by atoms with Crippen molar-refractivity contribution in [3.63, 3.8) is 0 Å². The fourth-order valence-electron chi connectivity index (χ4n) is 0.926. The predicted octanol–water partition coefficient (Wildman–Crippen LogP) is 0.773. The van der Waals surface area contributed by atoms with Gasteiger partial charge in [0.05, 0.1) is 0 Å². The first-order valence-electron chi connectivity index (χ1n) is 4.89. The molecule has 0 atom stereocenters. The molecule has 0 aliphatic carbocycles. The van der Waals surface area contributed by atoms with Crippen LogP contribution in [0, 0.1) is 0 Å². The van der Waals surface area contributed by atoms with Gasteiger partial charge in [-0.3, -0.25) is 0 Å². The maximum absolute atomic E-state index is 7.17. The van der Waals surface area contributed by atoms with Gasteiger partial charge in [0.15, 0.2) is 0 Å². The molecule has 90 valence electrons. The van der Waals surface area contributed by atoms with E-state index in [2.05, 4.69) is 27.1 Å². The van der Waals surface area contributed by atoms with Crippen LogP contribution in [-0.2, 0) is 20.2 Å². The van der Waals surface area contributed by atoms with Gasteiger partial charge in [-0.1, -0.05) is 0 Å². The van der Waals surface area contributed by atoms with E-state index in [9.17, 15) is 0 Å². The smallest absolute Gasteiger partial charge is 0.402 e. The average molecular weight is 255 g/mol. The molecule has 0 heterocycles. The van der Waals surface area contributed by atoms with E-state index < -0.39 is 7.32 Å². The SMILES string of the molecule is CCCCCCCC[O][Cu].OB(O)O. The van der Waals surface area contributed by atoms with Crippen LogP contribution >= 0.6 is 0 Å². The molecule has 6 heteroatoms. The fraction of sp³-hybridized carbons (Fsp3) is 1.00. The molecule has 14 heavy (non-hydrogen) atoms. The molecule has 0 saturated carbocycles. The molecule has 0 aliphatic rings. The van der Waals surface area contributed by atoms with E-state index in [0.29, 0.717) is 0 Å². The summed E-state index contributed by atoms with van der Waals surface area (Å²) in [4.78, 5) is 0. The minimum absolute atomic E-state index is 0.742. The van der Waals surface area contributed by atoms with E-state index in [-0.39, 0.29) is 0 Å². The van der Waals surface area contributed by atoms with Crippen molar-refractivity contribution in [1.82, 2.24) is 0 Å². The molecule has 0 aromatic rings. The fourth-order valence-corrected chi connectivity index (χ4v) is 1.06. The van der Waals surface area contributed by atoms with Crippen LogP contribution in [0.4, 0.5) is 0 Å². The molecule has 3 N–H and O–H groups in total. The maximum atomic E-state index is 7.17. The Morgan fingerprint density at radius 3 is 1.86 bits per heavy atom. The number of hydrogen-bond acceptors (Lipinski definition) is 4. The van der Waals surface area contributed by atoms with Gasteiger partial charge in [-0.15, -0.1) is 0 Å². The summed E-state index contributed by atoms with van der Waals surface area (Å²) < 4.78 is 4.51. The van der Waals surface area contributed by atoms with Crippen molar-refractivity contribution in [1.29, 1.82) is 0 Å². The molecule has 0 aromatic heterocycles. The standard InChI is InChI=1S/C8H17O.BH3O3.Cu/c1-2-3-4-5-6-7-8-9;2-1(3)4;/h2-8H2,1H3;2-4H;/q-1;;+1. The second-order valence-electron chi connectivity index (χ2n) is 2.91. The van der Waals surface area contributed by atoms with Gasteiger partial charge in [0.1, 0.15) is 0 Å². The van der Waals surface area contributed by atoms with Gasteiger partial charge in [-0.05, 0) is 0 Å². The molecule has 0 aliphatic heterocycles. The van der Waals surface area contributed by atoms with E-state index in [1.165, 1.54) is 32.1 Å². The van der Waals surface area contributed by atoms with Crippen molar-refractivity contribution in [3.05, 3.63) is 0 Å². The summed E-state index contributed by atoms with van der Waals surface area (Å²) in [5, 5.41) is 21.5. The molecule has 0 saturated heterocycles. The van der Waals surface area contributed by atoms with Crippen molar-refractivity contribution in [2.75, 3.05) is 6.61 Å². The Morgan fingerprint density at radius 1 is 1.00 bits per heavy atom. The molecular weight excluding hydrogens is 234 g/mol. The van der Waals surface area contributed by atoms with Crippen molar-refractivity contribution in [2.45, 2.75) is 45.4 Å². The number of rotatable bonds is 7. The van der Waals surface area contributed by atoms with Crippen molar-refractivity contribution in [3.8, 4) is 0 Å². The molecule has 0 spiro atoms. The Labute approximate surface area is 95.0 Å². The van der Waals surface area contributed by atoms with E-state index >= 15 is 0 Å². The van der Waals surface area contributed by atoms with E-state index in [1.54, 1.807) is 0 Å². The Kier molecular flexibility index (Phi) is 19.1. The molecular formula is C8H20BCuO4. The van der Waals surface area contributed by atoms with Gasteiger partial charge < -0.3 is 15.1 Å². The summed E-state index contributed by atoms with van der Waals surface area (Å²) >= 11 is 4.48. The molecule has 0 fully saturated rings. The third-order valence-corrected chi connectivity index (χ3v) is 1.75. The van der Waals surface area contributed by atoms with Crippen LogP contribution in [0.1, 0.15) is 45.4 Å².